The summed E-state index contributed by atoms with van der Waals surface area (Å²) in [6, 6.07) is 13.7. The Morgan fingerprint density at radius 1 is 1.14 bits per heavy atom. The number of nitrogens with zero attached hydrogens (tertiary/aromatic N) is 2. The molecule has 1 aliphatic rings. The van der Waals surface area contributed by atoms with Gasteiger partial charge < -0.3 is 10.1 Å². The molecule has 1 heterocycles. The van der Waals surface area contributed by atoms with Gasteiger partial charge in [-0.2, -0.15) is 0 Å². The monoisotopic (exact) mass is 379 g/mol. The Hall–Kier alpha value is -3.15. The summed E-state index contributed by atoms with van der Waals surface area (Å²) >= 11 is 0. The Bertz CT molecular complexity index is 994. The third-order valence-electron chi connectivity index (χ3n) is 4.83. The Labute approximate surface area is 163 Å². The average molecular weight is 379 g/mol. The van der Waals surface area contributed by atoms with Crippen LogP contribution in [0.4, 0.5) is 15.9 Å². The molecule has 4 rings (SSSR count). The molecule has 0 spiro atoms. The number of nitrogens with one attached hydrogen (secondary N) is 1. The van der Waals surface area contributed by atoms with E-state index in [4.69, 9.17) is 4.74 Å². The van der Waals surface area contributed by atoms with Gasteiger partial charge in [-0.3, -0.25) is 4.79 Å². The zero-order valence-electron chi connectivity index (χ0n) is 15.9. The third-order valence-corrected chi connectivity index (χ3v) is 4.83. The number of fused-ring (bicyclic) bond motifs is 1. The summed E-state index contributed by atoms with van der Waals surface area (Å²) in [7, 11) is 0. The van der Waals surface area contributed by atoms with Crippen LogP contribution in [-0.2, 0) is 6.42 Å². The van der Waals surface area contributed by atoms with Crippen LogP contribution in [0.15, 0.2) is 48.5 Å². The number of rotatable bonds is 5. The highest BCUT2D eigenvalue weighted by Gasteiger charge is 2.31. The van der Waals surface area contributed by atoms with Gasteiger partial charge in [0.2, 0.25) is 0 Å². The van der Waals surface area contributed by atoms with Crippen molar-refractivity contribution in [1.29, 1.82) is 0 Å². The Morgan fingerprint density at radius 3 is 2.54 bits per heavy atom. The number of anilines is 2. The van der Waals surface area contributed by atoms with Gasteiger partial charge in [0.05, 0.1) is 23.6 Å². The third kappa shape index (κ3) is 3.50. The predicted octanol–water partition coefficient (Wildman–Crippen LogP) is 4.92. The molecule has 0 saturated heterocycles. The number of carbonyl (C=O) groups excluding carboxylic acids is 1. The number of carbonyl (C=O) groups is 1. The van der Waals surface area contributed by atoms with Crippen LogP contribution >= 0.6 is 0 Å². The van der Waals surface area contributed by atoms with Crippen LogP contribution in [0.2, 0.25) is 0 Å². The molecule has 1 aliphatic carbocycles. The topological polar surface area (TPSA) is 56.1 Å². The molecule has 2 aromatic carbocycles. The predicted molar refractivity (Wildman–Crippen MR) is 106 cm³/mol. The van der Waals surface area contributed by atoms with Gasteiger partial charge in [0, 0.05) is 12.1 Å². The Balaban J connectivity index is 1.74. The molecular weight excluding hydrogens is 357 g/mol. The maximum atomic E-state index is 13.3. The van der Waals surface area contributed by atoms with E-state index in [0.717, 1.165) is 29.2 Å². The summed E-state index contributed by atoms with van der Waals surface area (Å²) in [5, 5.41) is 7.93. The molecule has 1 aromatic heterocycles. The maximum Gasteiger partial charge on any atom is 0.168 e. The molecule has 0 saturated carbocycles. The van der Waals surface area contributed by atoms with Crippen molar-refractivity contribution in [2.24, 2.45) is 5.92 Å². The number of ether oxygens (including phenoxy) is 1. The van der Waals surface area contributed by atoms with Crippen molar-refractivity contribution < 1.29 is 13.9 Å². The summed E-state index contributed by atoms with van der Waals surface area (Å²) < 4.78 is 20.6. The minimum absolute atomic E-state index is 0.0792. The van der Waals surface area contributed by atoms with Gasteiger partial charge >= 0.3 is 0 Å². The second-order valence-electron chi connectivity index (χ2n) is 7.08. The van der Waals surface area contributed by atoms with E-state index in [1.54, 1.807) is 16.8 Å². The van der Waals surface area contributed by atoms with Gasteiger partial charge in [-0.05, 0) is 67.8 Å². The molecule has 1 atom stereocenters. The molecule has 1 N–H and O–H groups in total. The minimum Gasteiger partial charge on any atom is -0.494 e. The molecule has 0 bridgehead atoms. The first-order valence-corrected chi connectivity index (χ1v) is 9.46. The first-order chi connectivity index (χ1) is 13.5. The van der Waals surface area contributed by atoms with Crippen LogP contribution in [0, 0.1) is 11.7 Å². The maximum absolute atomic E-state index is 13.3. The minimum atomic E-state index is -0.304. The fourth-order valence-electron chi connectivity index (χ4n) is 3.58. The molecule has 144 valence electrons. The number of Topliss-reactive ketones (excluding diaryl/α,β-unsaturated/α-hetero) is 1. The second kappa shape index (κ2) is 7.46. The molecule has 6 heteroatoms. The molecular formula is C22H22FN3O2. The number of halogens is 1. The van der Waals surface area contributed by atoms with Crippen LogP contribution in [0.25, 0.3) is 5.69 Å². The molecule has 0 amide bonds. The SMILES string of the molecule is CCOc1ccc(Nc2nn(-c3ccc(F)cc3)c3c2C(=O)CC(C)C3)cc1. The quantitative estimate of drug-likeness (QED) is 0.684. The van der Waals surface area contributed by atoms with Crippen molar-refractivity contribution in [3.63, 3.8) is 0 Å². The zero-order chi connectivity index (χ0) is 19.7. The summed E-state index contributed by atoms with van der Waals surface area (Å²) in [4.78, 5) is 12.8. The van der Waals surface area contributed by atoms with Crippen LogP contribution in [-0.4, -0.2) is 22.2 Å². The van der Waals surface area contributed by atoms with E-state index in [9.17, 15) is 9.18 Å². The number of hydrogen-bond donors (Lipinski definition) is 1. The second-order valence-corrected chi connectivity index (χ2v) is 7.08. The van der Waals surface area contributed by atoms with Crippen LogP contribution in [0.5, 0.6) is 5.75 Å². The van der Waals surface area contributed by atoms with Crippen molar-refractivity contribution >= 4 is 17.3 Å². The summed E-state index contributed by atoms with van der Waals surface area (Å²) in [5.41, 5.74) is 3.04. The lowest BCUT2D eigenvalue weighted by atomic mass is 9.87. The van der Waals surface area contributed by atoms with Crippen LogP contribution in [0.3, 0.4) is 0 Å². The van der Waals surface area contributed by atoms with Crippen molar-refractivity contribution in [3.8, 4) is 11.4 Å². The normalized spacial score (nSPS) is 16.0. The van der Waals surface area contributed by atoms with Gasteiger partial charge in [-0.1, -0.05) is 6.92 Å². The van der Waals surface area contributed by atoms with Crippen molar-refractivity contribution in [3.05, 3.63) is 65.6 Å². The molecule has 1 unspecified atom stereocenters. The van der Waals surface area contributed by atoms with Gasteiger partial charge in [0.25, 0.3) is 0 Å². The van der Waals surface area contributed by atoms with E-state index in [0.29, 0.717) is 24.4 Å². The Kier molecular flexibility index (Phi) is 4.86. The fraction of sp³-hybridized carbons (Fsp3) is 0.273. The average Bonchev–Trinajstić information content (AvgIpc) is 3.02. The van der Waals surface area contributed by atoms with Crippen molar-refractivity contribution in [2.75, 3.05) is 11.9 Å². The lowest BCUT2D eigenvalue weighted by molar-refractivity contribution is 0.0953. The molecule has 0 radical (unpaired) electrons. The van der Waals surface area contributed by atoms with Crippen LogP contribution in [0.1, 0.15) is 36.3 Å². The summed E-state index contributed by atoms with van der Waals surface area (Å²) in [6.07, 6.45) is 1.25. The highest BCUT2D eigenvalue weighted by atomic mass is 19.1. The number of ketones is 1. The molecule has 0 fully saturated rings. The molecule has 28 heavy (non-hydrogen) atoms. The van der Waals surface area contributed by atoms with Gasteiger partial charge in [-0.25, -0.2) is 9.07 Å². The van der Waals surface area contributed by atoms with Crippen molar-refractivity contribution in [2.45, 2.75) is 26.7 Å². The van der Waals surface area contributed by atoms with E-state index < -0.39 is 0 Å². The largest absolute Gasteiger partial charge is 0.494 e. The van der Waals surface area contributed by atoms with E-state index in [1.807, 2.05) is 31.2 Å². The van der Waals surface area contributed by atoms with Gasteiger partial charge in [0.1, 0.15) is 11.6 Å². The van der Waals surface area contributed by atoms with Crippen LogP contribution < -0.4 is 10.1 Å². The molecule has 0 aliphatic heterocycles. The summed E-state index contributed by atoms with van der Waals surface area (Å²) in [6.45, 7) is 4.60. The fourth-order valence-corrected chi connectivity index (χ4v) is 3.58. The van der Waals surface area contributed by atoms with Gasteiger partial charge in [0.15, 0.2) is 11.6 Å². The number of benzene rings is 2. The number of aromatic nitrogens is 2. The zero-order valence-corrected chi connectivity index (χ0v) is 15.9. The first kappa shape index (κ1) is 18.2. The highest BCUT2D eigenvalue weighted by molar-refractivity contribution is 6.03. The lowest BCUT2D eigenvalue weighted by Crippen LogP contribution is -2.19. The smallest absolute Gasteiger partial charge is 0.168 e. The van der Waals surface area contributed by atoms with E-state index in [1.165, 1.54) is 12.1 Å². The highest BCUT2D eigenvalue weighted by Crippen LogP contribution is 2.34. The lowest BCUT2D eigenvalue weighted by Gasteiger charge is -2.19. The van der Waals surface area contributed by atoms with E-state index in [2.05, 4.69) is 17.3 Å². The molecule has 3 aromatic rings. The Morgan fingerprint density at radius 2 is 1.86 bits per heavy atom. The van der Waals surface area contributed by atoms with Crippen molar-refractivity contribution in [1.82, 2.24) is 9.78 Å². The molecule has 5 nitrogen and oxygen atoms in total. The van der Waals surface area contributed by atoms with E-state index >= 15 is 0 Å². The van der Waals surface area contributed by atoms with E-state index in [-0.39, 0.29) is 17.5 Å². The van der Waals surface area contributed by atoms with Gasteiger partial charge in [-0.15, -0.1) is 5.10 Å². The summed E-state index contributed by atoms with van der Waals surface area (Å²) in [5.74, 6) is 1.34. The standard InChI is InChI=1S/C22H22FN3O2/c1-3-28-18-10-6-16(7-11-18)24-22-21-19(12-14(2)13-20(21)27)26(25-22)17-8-4-15(23)5-9-17/h4-11,14H,3,12-13H2,1-2H3,(H,24,25). The first-order valence-electron chi connectivity index (χ1n) is 9.46. The number of hydrogen-bond acceptors (Lipinski definition) is 4.